The first kappa shape index (κ1) is 23.5. The molecule has 2 N–H and O–H groups in total. The molecule has 1 saturated heterocycles. The summed E-state index contributed by atoms with van der Waals surface area (Å²) in [7, 11) is 0. The first-order valence-corrected chi connectivity index (χ1v) is 10.3. The number of amides is 1. The topological polar surface area (TPSA) is 114 Å². The van der Waals surface area contributed by atoms with E-state index >= 15 is 0 Å². The number of aromatic amines is 1. The first-order valence-electron chi connectivity index (χ1n) is 10.3. The Morgan fingerprint density at radius 3 is 2.81 bits per heavy atom. The number of alkyl halides is 2. The first-order chi connectivity index (χ1) is 15.1. The molecule has 1 amide bonds. The van der Waals surface area contributed by atoms with Gasteiger partial charge in [-0.3, -0.25) is 10.1 Å². The molecule has 32 heavy (non-hydrogen) atoms. The lowest BCUT2D eigenvalue weighted by molar-refractivity contribution is -0.0528. The van der Waals surface area contributed by atoms with Gasteiger partial charge in [-0.1, -0.05) is 6.92 Å². The molecule has 0 spiro atoms. The number of hydrogen-bond acceptors (Lipinski definition) is 8. The maximum absolute atomic E-state index is 12.4. The number of nitrogens with one attached hydrogen (secondary N) is 2. The fourth-order valence-electron chi connectivity index (χ4n) is 3.27. The van der Waals surface area contributed by atoms with Gasteiger partial charge in [-0.2, -0.15) is 13.8 Å². The molecule has 0 unspecified atom stereocenters. The minimum atomic E-state index is -2.96. The molecule has 2 aromatic heterocycles. The fourth-order valence-corrected chi connectivity index (χ4v) is 3.27. The Balaban J connectivity index is 1.60. The molecule has 0 aliphatic carbocycles. The number of rotatable bonds is 6. The van der Waals surface area contributed by atoms with Crippen LogP contribution in [0, 0.1) is 5.92 Å². The third kappa shape index (κ3) is 6.92. The van der Waals surface area contributed by atoms with Crippen LogP contribution in [0.2, 0.25) is 0 Å². The molecule has 2 aromatic rings. The Morgan fingerprint density at radius 2 is 2.09 bits per heavy atom. The number of nitrogens with zero attached hydrogens (tertiary/aromatic N) is 4. The Morgan fingerprint density at radius 1 is 1.31 bits per heavy atom. The quantitative estimate of drug-likeness (QED) is 0.674. The average molecular weight is 454 g/mol. The second-order valence-corrected chi connectivity index (χ2v) is 8.57. The number of carbonyl (C=O) groups is 1. The van der Waals surface area contributed by atoms with E-state index in [1.165, 1.54) is 18.5 Å². The summed E-state index contributed by atoms with van der Waals surface area (Å²) in [5, 5.41) is 9.03. The van der Waals surface area contributed by atoms with Crippen LogP contribution in [0.4, 0.5) is 25.2 Å². The highest BCUT2D eigenvalue weighted by Gasteiger charge is 2.30. The predicted molar refractivity (Wildman–Crippen MR) is 111 cm³/mol. The Labute approximate surface area is 184 Å². The summed E-state index contributed by atoms with van der Waals surface area (Å²) in [4.78, 5) is 22.6. The summed E-state index contributed by atoms with van der Waals surface area (Å²) in [6, 6.07) is 1.28. The molecule has 3 heterocycles. The van der Waals surface area contributed by atoms with Crippen LogP contribution < -0.4 is 14.8 Å². The maximum Gasteiger partial charge on any atom is 0.410 e. The minimum Gasteiger partial charge on any atom is -0.473 e. The van der Waals surface area contributed by atoms with Gasteiger partial charge in [0.15, 0.2) is 5.82 Å². The molecule has 0 aromatic carbocycles. The normalized spacial score (nSPS) is 19.4. The van der Waals surface area contributed by atoms with Gasteiger partial charge in [-0.15, -0.1) is 5.10 Å². The molecule has 2 atom stereocenters. The molecule has 3 rings (SSSR count). The molecule has 0 bridgehead atoms. The van der Waals surface area contributed by atoms with Crippen LogP contribution in [0.1, 0.15) is 40.5 Å². The van der Waals surface area contributed by atoms with Crippen LogP contribution in [0.25, 0.3) is 0 Å². The zero-order valence-corrected chi connectivity index (χ0v) is 18.5. The van der Waals surface area contributed by atoms with E-state index in [1.807, 2.05) is 27.7 Å². The van der Waals surface area contributed by atoms with E-state index in [1.54, 1.807) is 4.90 Å². The van der Waals surface area contributed by atoms with Gasteiger partial charge in [0.1, 0.15) is 17.5 Å². The predicted octanol–water partition coefficient (Wildman–Crippen LogP) is 3.96. The number of ether oxygens (including phenoxy) is 3. The van der Waals surface area contributed by atoms with Crippen molar-refractivity contribution < 1.29 is 27.8 Å². The highest BCUT2D eigenvalue weighted by Crippen LogP contribution is 2.24. The van der Waals surface area contributed by atoms with Gasteiger partial charge in [0, 0.05) is 25.1 Å². The molecule has 12 heteroatoms. The van der Waals surface area contributed by atoms with Crippen molar-refractivity contribution in [1.82, 2.24) is 25.1 Å². The number of anilines is 2. The zero-order chi connectivity index (χ0) is 23.3. The van der Waals surface area contributed by atoms with Crippen molar-refractivity contribution in [2.45, 2.75) is 58.9 Å². The Hall–Kier alpha value is -3.18. The van der Waals surface area contributed by atoms with Crippen LogP contribution in [-0.2, 0) is 4.74 Å². The van der Waals surface area contributed by atoms with Crippen LogP contribution in [0.15, 0.2) is 18.5 Å². The number of carbonyl (C=O) groups excluding carboxylic acids is 1. The molecular weight excluding hydrogens is 426 g/mol. The van der Waals surface area contributed by atoms with E-state index in [0.717, 1.165) is 12.8 Å². The second kappa shape index (κ2) is 9.96. The van der Waals surface area contributed by atoms with Crippen molar-refractivity contribution in [3.05, 3.63) is 18.5 Å². The smallest absolute Gasteiger partial charge is 0.410 e. The van der Waals surface area contributed by atoms with Crippen molar-refractivity contribution in [2.75, 3.05) is 18.4 Å². The second-order valence-electron chi connectivity index (χ2n) is 8.57. The third-order valence-electron chi connectivity index (χ3n) is 4.62. The van der Waals surface area contributed by atoms with Gasteiger partial charge in [0.05, 0.1) is 12.4 Å². The number of hydrogen-bond donors (Lipinski definition) is 2. The highest BCUT2D eigenvalue weighted by atomic mass is 19.3. The van der Waals surface area contributed by atoms with Crippen LogP contribution >= 0.6 is 0 Å². The summed E-state index contributed by atoms with van der Waals surface area (Å²) in [5.74, 6) is 0.755. The molecule has 1 aliphatic rings. The number of H-pyrrole nitrogens is 1. The van der Waals surface area contributed by atoms with Gasteiger partial charge < -0.3 is 24.4 Å². The SMILES string of the molecule is C[C@H]1CN(C(=O)OC(C)(C)C)CCC[C@H]1Oc1cncc(Nc2cc(OC(F)F)n[nH]2)n1. The Kier molecular flexibility index (Phi) is 7.31. The lowest BCUT2D eigenvalue weighted by Gasteiger charge is -2.28. The van der Waals surface area contributed by atoms with Gasteiger partial charge in [-0.05, 0) is 33.6 Å². The van der Waals surface area contributed by atoms with Crippen LogP contribution in [-0.4, -0.2) is 62.6 Å². The molecule has 1 aliphatic heterocycles. The van der Waals surface area contributed by atoms with Crippen molar-refractivity contribution in [3.8, 4) is 11.8 Å². The van der Waals surface area contributed by atoms with Crippen molar-refractivity contribution in [2.24, 2.45) is 5.92 Å². The monoisotopic (exact) mass is 454 g/mol. The minimum absolute atomic E-state index is 0.0464. The summed E-state index contributed by atoms with van der Waals surface area (Å²) >= 11 is 0. The molecule has 176 valence electrons. The third-order valence-corrected chi connectivity index (χ3v) is 4.62. The molecule has 0 saturated carbocycles. The number of aromatic nitrogens is 4. The van der Waals surface area contributed by atoms with E-state index < -0.39 is 12.2 Å². The largest absolute Gasteiger partial charge is 0.473 e. The summed E-state index contributed by atoms with van der Waals surface area (Å²) < 4.78 is 40.3. The van der Waals surface area contributed by atoms with Crippen molar-refractivity contribution in [3.63, 3.8) is 0 Å². The lowest BCUT2D eigenvalue weighted by atomic mass is 10.0. The summed E-state index contributed by atoms with van der Waals surface area (Å²) in [6.45, 7) is 5.67. The standard InChI is InChI=1S/C20H28F2N6O4/c1-12-11-28(19(29)32-20(2,3)4)7-5-6-13(12)30-17-10-23-9-15(25-17)24-14-8-16(27-26-14)31-18(21)22/h8-10,12-13,18H,5-7,11H2,1-4H3,(H2,24,25,26,27)/t12-,13+/m0/s1. The highest BCUT2D eigenvalue weighted by molar-refractivity contribution is 5.68. The van der Waals surface area contributed by atoms with Crippen LogP contribution in [0.5, 0.6) is 11.8 Å². The molecule has 0 radical (unpaired) electrons. The van der Waals surface area contributed by atoms with E-state index in [2.05, 4.69) is 30.2 Å². The van der Waals surface area contributed by atoms with Gasteiger partial charge in [-0.25, -0.2) is 4.79 Å². The van der Waals surface area contributed by atoms with Crippen molar-refractivity contribution in [1.29, 1.82) is 0 Å². The molecule has 10 nitrogen and oxygen atoms in total. The van der Waals surface area contributed by atoms with E-state index in [-0.39, 0.29) is 24.0 Å². The maximum atomic E-state index is 12.4. The molecule has 1 fully saturated rings. The lowest BCUT2D eigenvalue weighted by Crippen LogP contribution is -2.40. The van der Waals surface area contributed by atoms with E-state index in [4.69, 9.17) is 9.47 Å². The van der Waals surface area contributed by atoms with Crippen molar-refractivity contribution >= 4 is 17.7 Å². The average Bonchev–Trinajstić information content (AvgIpc) is 3.02. The Bertz CT molecular complexity index is 904. The van der Waals surface area contributed by atoms with Crippen LogP contribution in [0.3, 0.4) is 0 Å². The zero-order valence-electron chi connectivity index (χ0n) is 18.5. The van der Waals surface area contributed by atoms with E-state index in [0.29, 0.717) is 30.6 Å². The molecular formula is C20H28F2N6O4. The van der Waals surface area contributed by atoms with Gasteiger partial charge in [0.25, 0.3) is 0 Å². The summed E-state index contributed by atoms with van der Waals surface area (Å²) in [5.41, 5.74) is -0.549. The van der Waals surface area contributed by atoms with Gasteiger partial charge >= 0.3 is 12.7 Å². The van der Waals surface area contributed by atoms with E-state index in [9.17, 15) is 13.6 Å². The summed E-state index contributed by atoms with van der Waals surface area (Å²) in [6.07, 6.45) is 3.97. The fraction of sp³-hybridized carbons (Fsp3) is 0.600. The number of likely N-dealkylation sites (tertiary alicyclic amines) is 1. The number of halogens is 2. The van der Waals surface area contributed by atoms with Gasteiger partial charge in [0.2, 0.25) is 11.8 Å².